The highest BCUT2D eigenvalue weighted by Crippen LogP contribution is 2.49. The second-order valence-corrected chi connectivity index (χ2v) is 9.28. The molecule has 0 amide bonds. The summed E-state index contributed by atoms with van der Waals surface area (Å²) in [6.45, 7) is 3.15. The van der Waals surface area contributed by atoms with E-state index >= 15 is 0 Å². The van der Waals surface area contributed by atoms with Crippen molar-refractivity contribution >= 4 is 10.0 Å². The van der Waals surface area contributed by atoms with E-state index in [0.717, 1.165) is 45.3 Å². The van der Waals surface area contributed by atoms with Gasteiger partial charge in [0.1, 0.15) is 0 Å². The molecule has 1 aromatic rings. The molecule has 3 aliphatic rings. The zero-order valence-electron chi connectivity index (χ0n) is 12.7. The smallest absolute Gasteiger partial charge is 0.214 e. The zero-order valence-corrected chi connectivity index (χ0v) is 13.6. The van der Waals surface area contributed by atoms with Crippen LogP contribution in [0.2, 0.25) is 0 Å². The molecule has 2 saturated carbocycles. The Morgan fingerprint density at radius 2 is 2.18 bits per heavy atom. The molecular weight excluding hydrogens is 298 g/mol. The van der Waals surface area contributed by atoms with Crippen LogP contribution in [0.4, 0.5) is 0 Å². The molecule has 3 fully saturated rings. The van der Waals surface area contributed by atoms with Crippen LogP contribution in [0, 0.1) is 5.41 Å². The molecule has 0 unspecified atom stereocenters. The average Bonchev–Trinajstić information content (AvgIpc) is 3.23. The normalized spacial score (nSPS) is 32.3. The summed E-state index contributed by atoms with van der Waals surface area (Å²) in [5, 5.41) is -0.102. The fourth-order valence-electron chi connectivity index (χ4n) is 4.02. The van der Waals surface area contributed by atoms with E-state index in [-0.39, 0.29) is 11.3 Å². The quantitative estimate of drug-likeness (QED) is 0.893. The van der Waals surface area contributed by atoms with E-state index in [2.05, 4.69) is 20.7 Å². The van der Waals surface area contributed by atoms with E-state index in [1.165, 1.54) is 12.0 Å². The fraction of sp³-hybridized carbons (Fsp3) is 0.688. The Labute approximate surface area is 132 Å². The lowest BCUT2D eigenvalue weighted by atomic mass is 9.65. The van der Waals surface area contributed by atoms with Crippen LogP contribution in [0.3, 0.4) is 0 Å². The lowest BCUT2D eigenvalue weighted by Gasteiger charge is -2.45. The van der Waals surface area contributed by atoms with Gasteiger partial charge in [0.25, 0.3) is 0 Å². The summed E-state index contributed by atoms with van der Waals surface area (Å²) < 4.78 is 26.9. The number of pyridine rings is 1. The van der Waals surface area contributed by atoms with Crippen LogP contribution in [-0.4, -0.2) is 42.7 Å². The van der Waals surface area contributed by atoms with Gasteiger partial charge < -0.3 is 0 Å². The van der Waals surface area contributed by atoms with Crippen LogP contribution in [-0.2, 0) is 16.6 Å². The average molecular weight is 321 g/mol. The summed E-state index contributed by atoms with van der Waals surface area (Å²) in [5.74, 6) is 0. The van der Waals surface area contributed by atoms with Gasteiger partial charge in [-0.25, -0.2) is 13.1 Å². The van der Waals surface area contributed by atoms with Crippen molar-refractivity contribution in [2.75, 3.05) is 13.1 Å². The third-order valence-corrected chi connectivity index (χ3v) is 7.31. The van der Waals surface area contributed by atoms with Gasteiger partial charge in [-0.1, -0.05) is 6.07 Å². The Balaban J connectivity index is 1.29. The molecule has 2 heterocycles. The predicted octanol–water partition coefficient (Wildman–Crippen LogP) is 1.52. The van der Waals surface area contributed by atoms with Crippen LogP contribution in [0.5, 0.6) is 0 Å². The molecule has 22 heavy (non-hydrogen) atoms. The molecule has 0 bridgehead atoms. The summed E-state index contributed by atoms with van der Waals surface area (Å²) in [6.07, 6.45) is 8.61. The molecule has 2 aliphatic carbocycles. The minimum atomic E-state index is -3.03. The molecule has 1 saturated heterocycles. The Bertz CT molecular complexity index is 637. The highest BCUT2D eigenvalue weighted by atomic mass is 32.2. The van der Waals surface area contributed by atoms with Crippen molar-refractivity contribution in [2.24, 2.45) is 5.41 Å². The predicted molar refractivity (Wildman–Crippen MR) is 84.7 cm³/mol. The second-order valence-electron chi connectivity index (χ2n) is 7.29. The molecule has 1 aromatic heterocycles. The van der Waals surface area contributed by atoms with E-state index in [9.17, 15) is 8.42 Å². The number of nitrogens with zero attached hydrogens (tertiary/aromatic N) is 2. The standard InChI is InChI=1S/C16H23N3O2S/c20-22(21,15-3-4-15)18-14-8-16(9-14)5-7-19(12-16)11-13-2-1-6-17-10-13/h1-2,6,10,14-15,18H,3-5,7-9,11-12H2. The third-order valence-electron chi connectivity index (χ3n) is 5.30. The molecule has 120 valence electrons. The van der Waals surface area contributed by atoms with Gasteiger partial charge in [0, 0.05) is 31.5 Å². The van der Waals surface area contributed by atoms with Gasteiger partial charge in [0.15, 0.2) is 0 Å². The van der Waals surface area contributed by atoms with Crippen molar-refractivity contribution in [3.05, 3.63) is 30.1 Å². The Morgan fingerprint density at radius 3 is 2.86 bits per heavy atom. The molecule has 0 atom stereocenters. The summed E-state index contributed by atoms with van der Waals surface area (Å²) in [4.78, 5) is 6.64. The van der Waals surface area contributed by atoms with Gasteiger partial charge in [-0.15, -0.1) is 0 Å². The maximum atomic E-state index is 12.0. The van der Waals surface area contributed by atoms with E-state index in [4.69, 9.17) is 0 Å². The third kappa shape index (κ3) is 2.92. The van der Waals surface area contributed by atoms with E-state index in [0.29, 0.717) is 5.41 Å². The van der Waals surface area contributed by atoms with E-state index < -0.39 is 10.0 Å². The largest absolute Gasteiger partial charge is 0.298 e. The lowest BCUT2D eigenvalue weighted by Crippen LogP contribution is -2.52. The molecule has 1 N–H and O–H groups in total. The zero-order chi connectivity index (χ0) is 15.2. The van der Waals surface area contributed by atoms with E-state index in [1.54, 1.807) is 6.20 Å². The molecule has 0 aromatic carbocycles. The molecule has 0 radical (unpaired) electrons. The summed E-state index contributed by atoms with van der Waals surface area (Å²) >= 11 is 0. The summed E-state index contributed by atoms with van der Waals surface area (Å²) in [6, 6.07) is 4.27. The molecule has 4 rings (SSSR count). The SMILES string of the molecule is O=S(=O)(NC1CC2(CCN(Cc3cccnc3)C2)C1)C1CC1. The van der Waals surface area contributed by atoms with Crippen molar-refractivity contribution in [1.82, 2.24) is 14.6 Å². The number of nitrogens with one attached hydrogen (secondary N) is 1. The number of sulfonamides is 1. The first kappa shape index (κ1) is 14.6. The number of hydrogen-bond acceptors (Lipinski definition) is 4. The van der Waals surface area contributed by atoms with Crippen molar-refractivity contribution < 1.29 is 8.42 Å². The number of aromatic nitrogens is 1. The summed E-state index contributed by atoms with van der Waals surface area (Å²) in [7, 11) is -3.03. The Hall–Kier alpha value is -0.980. The molecule has 5 nitrogen and oxygen atoms in total. The van der Waals surface area contributed by atoms with Crippen LogP contribution in [0.25, 0.3) is 0 Å². The van der Waals surface area contributed by atoms with Crippen LogP contribution in [0.1, 0.15) is 37.7 Å². The van der Waals surface area contributed by atoms with Gasteiger partial charge in [-0.2, -0.15) is 0 Å². The Kier molecular flexibility index (Phi) is 3.51. The van der Waals surface area contributed by atoms with Crippen molar-refractivity contribution in [2.45, 2.75) is 49.9 Å². The first-order valence-corrected chi connectivity index (χ1v) is 9.72. The second kappa shape index (κ2) is 5.28. The first-order chi connectivity index (χ1) is 10.5. The number of likely N-dealkylation sites (tertiary alicyclic amines) is 1. The fourth-order valence-corrected chi connectivity index (χ4v) is 5.60. The highest BCUT2D eigenvalue weighted by molar-refractivity contribution is 7.90. The van der Waals surface area contributed by atoms with Crippen molar-refractivity contribution in [3.8, 4) is 0 Å². The van der Waals surface area contributed by atoms with Gasteiger partial charge in [0.05, 0.1) is 5.25 Å². The lowest BCUT2D eigenvalue weighted by molar-refractivity contribution is 0.101. The van der Waals surface area contributed by atoms with Crippen LogP contribution in [0.15, 0.2) is 24.5 Å². The van der Waals surface area contributed by atoms with E-state index in [1.807, 2.05) is 12.3 Å². The first-order valence-electron chi connectivity index (χ1n) is 8.17. The molecule has 6 heteroatoms. The Morgan fingerprint density at radius 1 is 1.36 bits per heavy atom. The molecule has 1 aliphatic heterocycles. The molecular formula is C16H23N3O2S. The van der Waals surface area contributed by atoms with Crippen molar-refractivity contribution in [1.29, 1.82) is 0 Å². The maximum Gasteiger partial charge on any atom is 0.214 e. The van der Waals surface area contributed by atoms with Crippen LogP contribution < -0.4 is 4.72 Å². The van der Waals surface area contributed by atoms with Crippen molar-refractivity contribution in [3.63, 3.8) is 0 Å². The van der Waals surface area contributed by atoms with Gasteiger partial charge in [-0.3, -0.25) is 9.88 Å². The minimum Gasteiger partial charge on any atom is -0.298 e. The van der Waals surface area contributed by atoms with Gasteiger partial charge >= 0.3 is 0 Å². The molecule has 1 spiro atoms. The monoisotopic (exact) mass is 321 g/mol. The number of hydrogen-bond donors (Lipinski definition) is 1. The van der Waals surface area contributed by atoms with Gasteiger partial charge in [0.2, 0.25) is 10.0 Å². The summed E-state index contributed by atoms with van der Waals surface area (Å²) in [5.41, 5.74) is 1.60. The highest BCUT2D eigenvalue weighted by Gasteiger charge is 2.50. The topological polar surface area (TPSA) is 62.3 Å². The maximum absolute atomic E-state index is 12.0. The minimum absolute atomic E-state index is 0.102. The van der Waals surface area contributed by atoms with Gasteiger partial charge in [-0.05, 0) is 55.7 Å². The van der Waals surface area contributed by atoms with Crippen LogP contribution >= 0.6 is 0 Å². The number of rotatable bonds is 5.